The number of aliphatic hydroxyl groups is 2. The van der Waals surface area contributed by atoms with Crippen LogP contribution < -0.4 is 0 Å². The fourth-order valence-corrected chi connectivity index (χ4v) is 1.83. The Morgan fingerprint density at radius 3 is 2.26 bits per heavy atom. The Balaban J connectivity index is 2.23. The molecular weight excluding hydrogens is 236 g/mol. The summed E-state index contributed by atoms with van der Waals surface area (Å²) in [5.74, 6) is 0. The van der Waals surface area contributed by atoms with E-state index in [4.69, 9.17) is 0 Å². The molecule has 0 fully saturated rings. The molecule has 0 spiro atoms. The number of hydrogen-bond acceptors (Lipinski definition) is 2. The van der Waals surface area contributed by atoms with Crippen molar-refractivity contribution in [3.8, 4) is 0 Å². The minimum absolute atomic E-state index is 0.293. The largest absolute Gasteiger partial charge is 0.393 e. The van der Waals surface area contributed by atoms with E-state index in [1.165, 1.54) is 0 Å². The van der Waals surface area contributed by atoms with Crippen molar-refractivity contribution in [2.24, 2.45) is 0 Å². The lowest BCUT2D eigenvalue weighted by atomic mass is 9.95. The Morgan fingerprint density at radius 2 is 1.58 bits per heavy atom. The van der Waals surface area contributed by atoms with Crippen LogP contribution in [-0.2, 0) is 5.60 Å². The van der Waals surface area contributed by atoms with Crippen LogP contribution in [0.2, 0.25) is 0 Å². The van der Waals surface area contributed by atoms with Crippen molar-refractivity contribution in [2.45, 2.75) is 12.5 Å². The molecule has 0 saturated heterocycles. The first kappa shape index (κ1) is 13.5. The smallest absolute Gasteiger partial charge is 0.110 e. The average molecular weight is 254 g/mol. The summed E-state index contributed by atoms with van der Waals surface area (Å²) in [6.07, 6.45) is 4.01. The maximum atomic E-state index is 10.0. The van der Waals surface area contributed by atoms with Gasteiger partial charge in [-0.2, -0.15) is 0 Å². The molecule has 0 aliphatic heterocycles. The third-order valence-electron chi connectivity index (χ3n) is 3.08. The van der Waals surface area contributed by atoms with E-state index in [2.05, 4.69) is 0 Å². The highest BCUT2D eigenvalue weighted by atomic mass is 16.3. The summed E-state index contributed by atoms with van der Waals surface area (Å²) in [5, 5.41) is 19.2. The lowest BCUT2D eigenvalue weighted by Gasteiger charge is -2.21. The van der Waals surface area contributed by atoms with Crippen LogP contribution in [0.1, 0.15) is 23.6 Å². The lowest BCUT2D eigenvalue weighted by molar-refractivity contribution is -0.00229. The second kappa shape index (κ2) is 5.83. The van der Waals surface area contributed by atoms with E-state index in [9.17, 15) is 10.2 Å². The molecule has 1 atom stereocenters. The summed E-state index contributed by atoms with van der Waals surface area (Å²) in [4.78, 5) is 0. The lowest BCUT2D eigenvalue weighted by Crippen LogP contribution is -2.25. The van der Waals surface area contributed by atoms with Crippen LogP contribution in [-0.4, -0.2) is 16.8 Å². The molecule has 98 valence electrons. The van der Waals surface area contributed by atoms with Gasteiger partial charge in [0.1, 0.15) is 5.60 Å². The van der Waals surface area contributed by atoms with Crippen molar-refractivity contribution in [1.29, 1.82) is 0 Å². The first-order valence-electron chi connectivity index (χ1n) is 6.29. The van der Waals surface area contributed by atoms with Crippen LogP contribution in [0.4, 0.5) is 0 Å². The van der Waals surface area contributed by atoms with Crippen molar-refractivity contribution < 1.29 is 10.2 Å². The van der Waals surface area contributed by atoms with Crippen molar-refractivity contribution in [2.75, 3.05) is 6.61 Å². The molecule has 0 amide bonds. The minimum Gasteiger partial charge on any atom is -0.393 e. The van der Waals surface area contributed by atoms with Crippen molar-refractivity contribution in [1.82, 2.24) is 0 Å². The molecule has 0 aliphatic rings. The maximum Gasteiger partial charge on any atom is 0.110 e. The van der Waals surface area contributed by atoms with Gasteiger partial charge in [0.2, 0.25) is 0 Å². The van der Waals surface area contributed by atoms with Gasteiger partial charge in [-0.3, -0.25) is 0 Å². The highest BCUT2D eigenvalue weighted by molar-refractivity contribution is 5.69. The molecule has 2 heteroatoms. The van der Waals surface area contributed by atoms with Gasteiger partial charge in [-0.1, -0.05) is 60.7 Å². The first-order valence-corrected chi connectivity index (χ1v) is 6.29. The van der Waals surface area contributed by atoms with Gasteiger partial charge in [0.05, 0.1) is 6.61 Å². The molecule has 1 unspecified atom stereocenters. The van der Waals surface area contributed by atoms with Crippen LogP contribution >= 0.6 is 0 Å². The maximum absolute atomic E-state index is 10.0. The van der Waals surface area contributed by atoms with Gasteiger partial charge in [0.25, 0.3) is 0 Å². The number of rotatable bonds is 4. The third-order valence-corrected chi connectivity index (χ3v) is 3.08. The Labute approximate surface area is 113 Å². The molecule has 2 N–H and O–H groups in total. The average Bonchev–Trinajstić information content (AvgIpc) is 2.46. The Hall–Kier alpha value is -1.90. The van der Waals surface area contributed by atoms with E-state index in [0.29, 0.717) is 5.56 Å². The molecule has 0 aromatic heterocycles. The molecule has 0 heterocycles. The molecule has 0 radical (unpaired) electrons. The van der Waals surface area contributed by atoms with Crippen LogP contribution in [0, 0.1) is 0 Å². The van der Waals surface area contributed by atoms with Gasteiger partial charge < -0.3 is 10.2 Å². The van der Waals surface area contributed by atoms with Crippen LogP contribution in [0.15, 0.2) is 54.6 Å². The highest BCUT2D eigenvalue weighted by Crippen LogP contribution is 2.21. The van der Waals surface area contributed by atoms with Crippen LogP contribution in [0.25, 0.3) is 12.2 Å². The predicted molar refractivity (Wildman–Crippen MR) is 78.5 cm³/mol. The van der Waals surface area contributed by atoms with E-state index >= 15 is 0 Å². The van der Waals surface area contributed by atoms with Crippen molar-refractivity contribution >= 4 is 12.2 Å². The summed E-state index contributed by atoms with van der Waals surface area (Å²) in [6, 6.07) is 17.6. The Morgan fingerprint density at radius 1 is 0.947 bits per heavy atom. The van der Waals surface area contributed by atoms with Crippen LogP contribution in [0.3, 0.4) is 0 Å². The molecule has 0 aliphatic carbocycles. The fraction of sp³-hybridized carbons (Fsp3) is 0.176. The summed E-state index contributed by atoms with van der Waals surface area (Å²) in [7, 11) is 0. The van der Waals surface area contributed by atoms with E-state index < -0.39 is 5.60 Å². The Kier molecular flexibility index (Phi) is 4.15. The van der Waals surface area contributed by atoms with E-state index in [1.807, 2.05) is 66.7 Å². The van der Waals surface area contributed by atoms with Gasteiger partial charge in [-0.25, -0.2) is 0 Å². The zero-order valence-corrected chi connectivity index (χ0v) is 11.0. The van der Waals surface area contributed by atoms with E-state index in [1.54, 1.807) is 6.92 Å². The molecule has 2 nitrogen and oxygen atoms in total. The first-order chi connectivity index (χ1) is 9.12. The molecule has 2 rings (SSSR count). The zero-order chi connectivity index (χ0) is 13.7. The van der Waals surface area contributed by atoms with E-state index in [-0.39, 0.29) is 6.61 Å². The van der Waals surface area contributed by atoms with Gasteiger partial charge >= 0.3 is 0 Å². The normalized spacial score (nSPS) is 14.5. The number of aliphatic hydroxyl groups excluding tert-OH is 1. The van der Waals surface area contributed by atoms with Gasteiger partial charge in [0, 0.05) is 0 Å². The van der Waals surface area contributed by atoms with Crippen molar-refractivity contribution in [3.05, 3.63) is 71.3 Å². The standard InChI is InChI=1S/C17H18O2/c1-17(19,13-18)16-9-5-8-15(12-16)11-10-14-6-3-2-4-7-14/h2-12,18-19H,13H2,1H3/b11-10+. The number of benzene rings is 2. The molecule has 19 heavy (non-hydrogen) atoms. The second-order valence-electron chi connectivity index (χ2n) is 4.80. The van der Waals surface area contributed by atoms with Crippen molar-refractivity contribution in [3.63, 3.8) is 0 Å². The van der Waals surface area contributed by atoms with Gasteiger partial charge in [0.15, 0.2) is 0 Å². The SMILES string of the molecule is CC(O)(CO)c1cccc(/C=C/c2ccccc2)c1. The Bertz CT molecular complexity index is 556. The fourth-order valence-electron chi connectivity index (χ4n) is 1.83. The molecule has 2 aromatic rings. The summed E-state index contributed by atoms with van der Waals surface area (Å²) >= 11 is 0. The topological polar surface area (TPSA) is 40.5 Å². The van der Waals surface area contributed by atoms with Gasteiger partial charge in [-0.15, -0.1) is 0 Å². The molecular formula is C17H18O2. The molecule has 0 saturated carbocycles. The third kappa shape index (κ3) is 3.53. The highest BCUT2D eigenvalue weighted by Gasteiger charge is 2.21. The summed E-state index contributed by atoms with van der Waals surface area (Å²) in [6.45, 7) is 1.31. The monoisotopic (exact) mass is 254 g/mol. The van der Waals surface area contributed by atoms with Gasteiger partial charge in [-0.05, 0) is 29.7 Å². The second-order valence-corrected chi connectivity index (χ2v) is 4.80. The number of hydrogen-bond donors (Lipinski definition) is 2. The minimum atomic E-state index is -1.20. The van der Waals surface area contributed by atoms with Crippen LogP contribution in [0.5, 0.6) is 0 Å². The summed E-state index contributed by atoms with van der Waals surface area (Å²) in [5.41, 5.74) is 1.64. The van der Waals surface area contributed by atoms with E-state index in [0.717, 1.165) is 11.1 Å². The molecule has 0 bridgehead atoms. The quantitative estimate of drug-likeness (QED) is 0.823. The molecule has 2 aromatic carbocycles. The predicted octanol–water partition coefficient (Wildman–Crippen LogP) is 3.06. The zero-order valence-electron chi connectivity index (χ0n) is 11.0. The summed E-state index contributed by atoms with van der Waals surface area (Å²) < 4.78 is 0.